The highest BCUT2D eigenvalue weighted by Gasteiger charge is 2.31. The maximum atomic E-state index is 13.0. The first kappa shape index (κ1) is 24.6. The van der Waals surface area contributed by atoms with Crippen molar-refractivity contribution in [3.05, 3.63) is 51.3 Å². The molecule has 0 bridgehead atoms. The summed E-state index contributed by atoms with van der Waals surface area (Å²) in [5.41, 5.74) is 2.76. The summed E-state index contributed by atoms with van der Waals surface area (Å²) < 4.78 is 17.7. The Kier molecular flexibility index (Phi) is 8.18. The summed E-state index contributed by atoms with van der Waals surface area (Å²) in [7, 11) is 1.74. The van der Waals surface area contributed by atoms with E-state index in [-0.39, 0.29) is 5.91 Å². The van der Waals surface area contributed by atoms with Gasteiger partial charge in [0.2, 0.25) is 0 Å². The molecule has 0 radical (unpaired) electrons. The number of hydrogen-bond acceptors (Lipinski definition) is 7. The van der Waals surface area contributed by atoms with Crippen LogP contribution in [0.2, 0.25) is 0 Å². The molecule has 2 aromatic rings. The first-order valence-electron chi connectivity index (χ1n) is 11.3. The first-order chi connectivity index (χ1) is 16.5. The molecular formula is C25H28BrN3O4S. The lowest BCUT2D eigenvalue weighted by atomic mass is 10.1. The van der Waals surface area contributed by atoms with Crippen LogP contribution in [0, 0.1) is 0 Å². The predicted octanol–water partition coefficient (Wildman–Crippen LogP) is 5.32. The second-order valence-corrected chi connectivity index (χ2v) is 9.53. The summed E-state index contributed by atoms with van der Waals surface area (Å²) >= 11 is 4.91. The van der Waals surface area contributed by atoms with E-state index in [1.807, 2.05) is 44.2 Å². The Morgan fingerprint density at radius 1 is 1.09 bits per heavy atom. The van der Waals surface area contributed by atoms with E-state index in [0.717, 1.165) is 47.7 Å². The lowest BCUT2D eigenvalue weighted by Gasteiger charge is -2.28. The van der Waals surface area contributed by atoms with E-state index in [0.29, 0.717) is 34.8 Å². The first-order valence-corrected chi connectivity index (χ1v) is 12.9. The molecule has 2 fully saturated rings. The molecule has 0 N–H and O–H groups in total. The Morgan fingerprint density at radius 2 is 1.76 bits per heavy atom. The second kappa shape index (κ2) is 11.3. The molecule has 7 nitrogen and oxygen atoms in total. The Labute approximate surface area is 212 Å². The molecule has 2 aliphatic heterocycles. The second-order valence-electron chi connectivity index (χ2n) is 7.67. The maximum Gasteiger partial charge on any atom is 0.266 e. The number of amidine groups is 1. The maximum absolute atomic E-state index is 13.0. The fraction of sp³-hybridized carbons (Fsp3) is 0.360. The molecule has 0 unspecified atom stereocenters. The third kappa shape index (κ3) is 5.59. The number of aliphatic imine (C=N–C) groups is 1. The number of thioether (sulfide) groups is 1. The Bertz CT molecular complexity index is 1100. The van der Waals surface area contributed by atoms with Crippen molar-refractivity contribution in [2.45, 2.75) is 13.8 Å². The minimum absolute atomic E-state index is 0.0962. The van der Waals surface area contributed by atoms with E-state index in [2.05, 4.69) is 33.0 Å². The van der Waals surface area contributed by atoms with E-state index >= 15 is 0 Å². The van der Waals surface area contributed by atoms with Gasteiger partial charge in [0.05, 0.1) is 41.5 Å². The van der Waals surface area contributed by atoms with Crippen molar-refractivity contribution in [1.29, 1.82) is 0 Å². The van der Waals surface area contributed by atoms with Crippen LogP contribution in [-0.4, -0.2) is 62.5 Å². The molecular weight excluding hydrogens is 518 g/mol. The summed E-state index contributed by atoms with van der Waals surface area (Å²) in [6.07, 6.45) is 1.85. The molecule has 0 spiro atoms. The summed E-state index contributed by atoms with van der Waals surface area (Å²) in [5, 5.41) is 0.637. The number of ether oxygens (including phenoxy) is 3. The van der Waals surface area contributed by atoms with Crippen LogP contribution in [0.4, 0.5) is 11.4 Å². The number of halogens is 1. The summed E-state index contributed by atoms with van der Waals surface area (Å²) in [5.74, 6) is 1.28. The smallest absolute Gasteiger partial charge is 0.266 e. The van der Waals surface area contributed by atoms with Crippen molar-refractivity contribution >= 4 is 56.2 Å². The number of morpholine rings is 1. The molecule has 2 saturated heterocycles. The molecule has 1 amide bonds. The van der Waals surface area contributed by atoms with Gasteiger partial charge in [0.15, 0.2) is 5.17 Å². The zero-order chi connectivity index (χ0) is 24.1. The van der Waals surface area contributed by atoms with E-state index in [1.165, 1.54) is 11.8 Å². The van der Waals surface area contributed by atoms with Gasteiger partial charge in [-0.3, -0.25) is 9.69 Å². The molecule has 34 heavy (non-hydrogen) atoms. The molecule has 0 saturated carbocycles. The van der Waals surface area contributed by atoms with Crippen molar-refractivity contribution in [3.8, 4) is 11.5 Å². The van der Waals surface area contributed by atoms with Crippen LogP contribution in [0.5, 0.6) is 11.5 Å². The largest absolute Gasteiger partial charge is 0.493 e. The van der Waals surface area contributed by atoms with E-state index in [9.17, 15) is 4.79 Å². The SMILES string of the molecule is CCOc1cc(OCC)c(/C=C2\SC(=Nc3ccc(N4CCOCC4)cc3)N(C)C2=O)cc1Br. The Morgan fingerprint density at radius 3 is 2.44 bits per heavy atom. The van der Waals surface area contributed by atoms with Crippen molar-refractivity contribution in [3.63, 3.8) is 0 Å². The van der Waals surface area contributed by atoms with Gasteiger partial charge in [-0.15, -0.1) is 0 Å². The van der Waals surface area contributed by atoms with Crippen molar-refractivity contribution in [1.82, 2.24) is 4.90 Å². The monoisotopic (exact) mass is 545 g/mol. The van der Waals surface area contributed by atoms with Crippen molar-refractivity contribution in [2.75, 3.05) is 51.5 Å². The number of carbonyl (C=O) groups is 1. The lowest BCUT2D eigenvalue weighted by molar-refractivity contribution is -0.121. The van der Waals surface area contributed by atoms with Gasteiger partial charge in [-0.2, -0.15) is 0 Å². The summed E-state index contributed by atoms with van der Waals surface area (Å²) in [6.45, 7) is 8.20. The molecule has 0 atom stereocenters. The van der Waals surface area contributed by atoms with E-state index in [1.54, 1.807) is 11.9 Å². The number of hydrogen-bond donors (Lipinski definition) is 0. The topological polar surface area (TPSA) is 63.6 Å². The van der Waals surface area contributed by atoms with Gasteiger partial charge < -0.3 is 19.1 Å². The quantitative estimate of drug-likeness (QED) is 0.439. The van der Waals surface area contributed by atoms with E-state index < -0.39 is 0 Å². The fourth-order valence-corrected chi connectivity index (χ4v) is 5.13. The molecule has 2 heterocycles. The van der Waals surface area contributed by atoms with E-state index in [4.69, 9.17) is 19.2 Å². The van der Waals surface area contributed by atoms with Crippen molar-refractivity contribution in [2.24, 2.45) is 4.99 Å². The normalized spacial score (nSPS) is 18.8. The molecule has 2 aliphatic rings. The van der Waals surface area contributed by atoms with Gasteiger partial charge in [-0.25, -0.2) is 4.99 Å². The standard InChI is InChI=1S/C25H28BrN3O4S/c1-4-32-21-16-22(33-5-2)20(26)14-17(21)15-23-24(30)28(3)25(34-23)27-18-6-8-19(9-7-18)29-10-12-31-13-11-29/h6-9,14-16H,4-5,10-13H2,1-3H3/b23-15-,27-25?. The molecule has 0 aromatic heterocycles. The highest BCUT2D eigenvalue weighted by atomic mass is 79.9. The van der Waals surface area contributed by atoms with Crippen molar-refractivity contribution < 1.29 is 19.0 Å². The molecule has 180 valence electrons. The van der Waals surface area contributed by atoms with Gasteiger partial charge in [0, 0.05) is 37.5 Å². The summed E-state index contributed by atoms with van der Waals surface area (Å²) in [6, 6.07) is 11.9. The minimum atomic E-state index is -0.0962. The third-order valence-corrected chi connectivity index (χ3v) is 7.08. The number of anilines is 1. The fourth-order valence-electron chi connectivity index (χ4n) is 3.67. The van der Waals surface area contributed by atoms with Gasteiger partial charge in [0.1, 0.15) is 11.5 Å². The number of nitrogens with zero attached hydrogens (tertiary/aromatic N) is 3. The number of benzene rings is 2. The van der Waals surface area contributed by atoms with Crippen LogP contribution in [0.25, 0.3) is 6.08 Å². The Hall–Kier alpha value is -2.49. The summed E-state index contributed by atoms with van der Waals surface area (Å²) in [4.78, 5) is 22.1. The number of likely N-dealkylation sites (N-methyl/N-ethyl adjacent to an activating group) is 1. The highest BCUT2D eigenvalue weighted by molar-refractivity contribution is 9.10. The average Bonchev–Trinajstić information content (AvgIpc) is 3.11. The number of carbonyl (C=O) groups excluding carboxylic acids is 1. The highest BCUT2D eigenvalue weighted by Crippen LogP contribution is 2.38. The molecule has 2 aromatic carbocycles. The predicted molar refractivity (Wildman–Crippen MR) is 141 cm³/mol. The number of amides is 1. The zero-order valence-electron chi connectivity index (χ0n) is 19.5. The van der Waals surface area contributed by atoms with Crippen LogP contribution >= 0.6 is 27.7 Å². The third-order valence-electron chi connectivity index (χ3n) is 5.40. The lowest BCUT2D eigenvalue weighted by Crippen LogP contribution is -2.36. The van der Waals surface area contributed by atoms with Gasteiger partial charge in [-0.05, 0) is 77.9 Å². The van der Waals surface area contributed by atoms with Gasteiger partial charge in [-0.1, -0.05) is 0 Å². The van der Waals surface area contributed by atoms with Crippen LogP contribution < -0.4 is 14.4 Å². The molecule has 4 rings (SSSR count). The van der Waals surface area contributed by atoms with Crippen LogP contribution in [-0.2, 0) is 9.53 Å². The zero-order valence-corrected chi connectivity index (χ0v) is 21.9. The van der Waals surface area contributed by atoms with Crippen LogP contribution in [0.3, 0.4) is 0 Å². The van der Waals surface area contributed by atoms with Crippen LogP contribution in [0.15, 0.2) is 50.8 Å². The van der Waals surface area contributed by atoms with Crippen LogP contribution in [0.1, 0.15) is 19.4 Å². The van der Waals surface area contributed by atoms with Gasteiger partial charge in [0.25, 0.3) is 5.91 Å². The number of rotatable bonds is 7. The van der Waals surface area contributed by atoms with Gasteiger partial charge >= 0.3 is 0 Å². The molecule has 9 heteroatoms. The minimum Gasteiger partial charge on any atom is -0.493 e. The molecule has 0 aliphatic carbocycles. The Balaban J connectivity index is 1.56. The average molecular weight is 546 g/mol.